The average Bonchev–Trinajstić information content (AvgIpc) is 2.98. The Morgan fingerprint density at radius 2 is 2.15 bits per heavy atom. The summed E-state index contributed by atoms with van der Waals surface area (Å²) in [5.74, 6) is -0.293. The Morgan fingerprint density at radius 3 is 2.75 bits per heavy atom. The first-order valence-electron chi connectivity index (χ1n) is 6.42. The molecule has 1 aromatic heterocycles. The highest BCUT2D eigenvalue weighted by atomic mass is 16.1. The van der Waals surface area contributed by atoms with E-state index in [0.717, 1.165) is 5.69 Å². The van der Waals surface area contributed by atoms with Gasteiger partial charge in [-0.25, -0.2) is 4.68 Å². The number of hydrogen-bond acceptors (Lipinski definition) is 3. The molecule has 5 nitrogen and oxygen atoms in total. The number of nitrogens with zero attached hydrogens (tertiary/aromatic N) is 3. The normalized spacial score (nSPS) is 13.2. The van der Waals surface area contributed by atoms with Crippen LogP contribution < -0.4 is 5.32 Å². The van der Waals surface area contributed by atoms with Crippen molar-refractivity contribution in [2.45, 2.75) is 25.8 Å². The largest absolute Gasteiger partial charge is 0.334 e. The maximum atomic E-state index is 12.1. The minimum atomic E-state index is -0.855. The zero-order valence-corrected chi connectivity index (χ0v) is 11.5. The summed E-state index contributed by atoms with van der Waals surface area (Å²) in [4.78, 5) is 12.1. The summed E-state index contributed by atoms with van der Waals surface area (Å²) >= 11 is 0. The lowest BCUT2D eigenvalue weighted by atomic mass is 10.0. The first-order chi connectivity index (χ1) is 9.58. The van der Waals surface area contributed by atoms with Crippen LogP contribution in [0.4, 0.5) is 0 Å². The Labute approximate surface area is 117 Å². The van der Waals surface area contributed by atoms with Crippen LogP contribution >= 0.6 is 0 Å². The molecule has 0 aliphatic rings. The van der Waals surface area contributed by atoms with Gasteiger partial charge in [0.1, 0.15) is 5.54 Å². The third-order valence-electron chi connectivity index (χ3n) is 3.21. The fourth-order valence-corrected chi connectivity index (χ4v) is 1.68. The molecule has 1 N–H and O–H groups in total. The van der Waals surface area contributed by atoms with Crippen molar-refractivity contribution in [3.05, 3.63) is 48.3 Å². The second kappa shape index (κ2) is 5.57. The van der Waals surface area contributed by atoms with Crippen LogP contribution in [0, 0.1) is 11.3 Å². The Balaban J connectivity index is 2.18. The zero-order chi connectivity index (χ0) is 14.6. The summed E-state index contributed by atoms with van der Waals surface area (Å²) in [6.45, 7) is 3.56. The minimum absolute atomic E-state index is 0.293. The predicted octanol–water partition coefficient (Wildman–Crippen LogP) is 2.29. The summed E-state index contributed by atoms with van der Waals surface area (Å²) in [6.07, 6.45) is 3.69. The number of hydrogen-bond donors (Lipinski definition) is 1. The molecule has 0 aliphatic carbocycles. The van der Waals surface area contributed by atoms with Gasteiger partial charge in [-0.2, -0.15) is 10.4 Å². The lowest BCUT2D eigenvalue weighted by molar-refractivity contribution is 0.0923. The van der Waals surface area contributed by atoms with E-state index in [1.54, 1.807) is 17.8 Å². The second-order valence-corrected chi connectivity index (χ2v) is 4.76. The summed E-state index contributed by atoms with van der Waals surface area (Å²) < 4.78 is 1.63. The molecule has 5 heteroatoms. The highest BCUT2D eigenvalue weighted by Gasteiger charge is 2.24. The zero-order valence-electron chi connectivity index (χ0n) is 11.5. The van der Waals surface area contributed by atoms with Gasteiger partial charge in [-0.15, -0.1) is 0 Å². The van der Waals surface area contributed by atoms with Crippen molar-refractivity contribution in [1.29, 1.82) is 5.26 Å². The van der Waals surface area contributed by atoms with Crippen molar-refractivity contribution in [2.75, 3.05) is 0 Å². The van der Waals surface area contributed by atoms with Crippen molar-refractivity contribution in [1.82, 2.24) is 15.1 Å². The molecule has 0 aliphatic heterocycles. The Morgan fingerprint density at radius 1 is 1.45 bits per heavy atom. The van der Waals surface area contributed by atoms with Gasteiger partial charge in [0.25, 0.3) is 5.91 Å². The molecular weight excluding hydrogens is 252 g/mol. The molecule has 2 rings (SSSR count). The van der Waals surface area contributed by atoms with Gasteiger partial charge in [-0.05, 0) is 25.5 Å². The van der Waals surface area contributed by atoms with Crippen LogP contribution in [0.3, 0.4) is 0 Å². The molecular formula is C15H16N4O. The maximum absolute atomic E-state index is 12.1. The first-order valence-corrected chi connectivity index (χ1v) is 6.42. The SMILES string of the molecule is CCC(C)(C#N)NC(=O)c1cnn(-c2ccccc2)c1. The van der Waals surface area contributed by atoms with Crippen LogP contribution in [-0.4, -0.2) is 21.2 Å². The number of aromatic nitrogens is 2. The number of benzene rings is 1. The van der Waals surface area contributed by atoms with E-state index < -0.39 is 5.54 Å². The smallest absolute Gasteiger partial charge is 0.255 e. The molecule has 1 heterocycles. The number of para-hydroxylation sites is 1. The van der Waals surface area contributed by atoms with Gasteiger partial charge in [-0.1, -0.05) is 25.1 Å². The van der Waals surface area contributed by atoms with Gasteiger partial charge in [0.15, 0.2) is 0 Å². The number of carbonyl (C=O) groups is 1. The summed E-state index contributed by atoms with van der Waals surface area (Å²) in [5, 5.41) is 16.0. The maximum Gasteiger partial charge on any atom is 0.255 e. The summed E-state index contributed by atoms with van der Waals surface area (Å²) in [6, 6.07) is 11.6. The molecule has 20 heavy (non-hydrogen) atoms. The van der Waals surface area contributed by atoms with Crippen molar-refractivity contribution in [2.24, 2.45) is 0 Å². The number of nitrogens with one attached hydrogen (secondary N) is 1. The first kappa shape index (κ1) is 13.8. The van der Waals surface area contributed by atoms with Gasteiger partial charge < -0.3 is 5.32 Å². The average molecular weight is 268 g/mol. The molecule has 0 spiro atoms. The molecule has 0 saturated carbocycles. The van der Waals surface area contributed by atoms with Crippen LogP contribution in [-0.2, 0) is 0 Å². The van der Waals surface area contributed by atoms with E-state index in [1.165, 1.54) is 6.20 Å². The summed E-state index contributed by atoms with van der Waals surface area (Å²) in [7, 11) is 0. The molecule has 0 fully saturated rings. The van der Waals surface area contributed by atoms with Crippen molar-refractivity contribution in [3.63, 3.8) is 0 Å². The highest BCUT2D eigenvalue weighted by molar-refractivity contribution is 5.94. The molecule has 0 bridgehead atoms. The van der Waals surface area contributed by atoms with Crippen LogP contribution in [0.2, 0.25) is 0 Å². The third kappa shape index (κ3) is 2.86. The van der Waals surface area contributed by atoms with E-state index in [4.69, 9.17) is 5.26 Å². The van der Waals surface area contributed by atoms with Crippen LogP contribution in [0.25, 0.3) is 5.69 Å². The number of amides is 1. The van der Waals surface area contributed by atoms with Crippen molar-refractivity contribution >= 4 is 5.91 Å². The molecule has 102 valence electrons. The van der Waals surface area contributed by atoms with E-state index in [0.29, 0.717) is 12.0 Å². The molecule has 0 radical (unpaired) electrons. The fourth-order valence-electron chi connectivity index (χ4n) is 1.68. The van der Waals surface area contributed by atoms with Crippen LogP contribution in [0.5, 0.6) is 0 Å². The van der Waals surface area contributed by atoms with Crippen LogP contribution in [0.15, 0.2) is 42.7 Å². The number of carbonyl (C=O) groups excluding carboxylic acids is 1. The van der Waals surface area contributed by atoms with Gasteiger partial charge >= 0.3 is 0 Å². The van der Waals surface area contributed by atoms with E-state index in [-0.39, 0.29) is 5.91 Å². The fraction of sp³-hybridized carbons (Fsp3) is 0.267. The van der Waals surface area contributed by atoms with Crippen molar-refractivity contribution in [3.8, 4) is 11.8 Å². The van der Waals surface area contributed by atoms with Gasteiger partial charge in [0.2, 0.25) is 0 Å². The second-order valence-electron chi connectivity index (χ2n) is 4.76. The number of rotatable bonds is 4. The third-order valence-corrected chi connectivity index (χ3v) is 3.21. The van der Waals surface area contributed by atoms with E-state index in [9.17, 15) is 4.79 Å². The van der Waals surface area contributed by atoms with E-state index >= 15 is 0 Å². The van der Waals surface area contributed by atoms with Gasteiger partial charge in [-0.3, -0.25) is 4.79 Å². The molecule has 0 saturated heterocycles. The van der Waals surface area contributed by atoms with Crippen molar-refractivity contribution < 1.29 is 4.79 Å². The van der Waals surface area contributed by atoms with Gasteiger partial charge in [0, 0.05) is 6.20 Å². The molecule has 1 amide bonds. The van der Waals surface area contributed by atoms with E-state index in [1.807, 2.05) is 37.3 Å². The Hall–Kier alpha value is -2.61. The standard InChI is InChI=1S/C15H16N4O/c1-3-15(2,11-16)18-14(20)12-9-17-19(10-12)13-7-5-4-6-8-13/h4-10H,3H2,1-2H3,(H,18,20). The quantitative estimate of drug-likeness (QED) is 0.924. The molecule has 1 unspecified atom stereocenters. The molecule has 1 atom stereocenters. The molecule has 2 aromatic rings. The Kier molecular flexibility index (Phi) is 3.85. The lowest BCUT2D eigenvalue weighted by Crippen LogP contribution is -2.44. The van der Waals surface area contributed by atoms with Gasteiger partial charge in [0.05, 0.1) is 23.5 Å². The van der Waals surface area contributed by atoms with E-state index in [2.05, 4.69) is 16.5 Å². The summed E-state index contributed by atoms with van der Waals surface area (Å²) in [5.41, 5.74) is 0.459. The van der Waals surface area contributed by atoms with Crippen LogP contribution in [0.1, 0.15) is 30.6 Å². The monoisotopic (exact) mass is 268 g/mol. The molecule has 1 aromatic carbocycles. The highest BCUT2D eigenvalue weighted by Crippen LogP contribution is 2.11. The number of nitriles is 1. The predicted molar refractivity (Wildman–Crippen MR) is 75.3 cm³/mol. The minimum Gasteiger partial charge on any atom is -0.334 e. The topological polar surface area (TPSA) is 70.7 Å². The Bertz CT molecular complexity index is 641. The lowest BCUT2D eigenvalue weighted by Gasteiger charge is -2.20.